The third-order valence-electron chi connectivity index (χ3n) is 4.04. The molecular weight excluding hydrogens is 374 g/mol. The number of benzene rings is 2. The van der Waals surface area contributed by atoms with Crippen LogP contribution in [0.2, 0.25) is 0 Å². The van der Waals surface area contributed by atoms with Gasteiger partial charge in [0.25, 0.3) is 11.4 Å². The number of nitro groups is 2. The number of hydrogen-bond acceptors (Lipinski definition) is 9. The Morgan fingerprint density at radius 2 is 2.00 bits per heavy atom. The minimum Gasteiger partial charge on any atom is -0.467 e. The molecule has 28 heavy (non-hydrogen) atoms. The van der Waals surface area contributed by atoms with Crippen LogP contribution in [0.15, 0.2) is 30.3 Å². The Bertz CT molecular complexity index is 960. The molecule has 0 fully saturated rings. The van der Waals surface area contributed by atoms with Crippen LogP contribution in [-0.4, -0.2) is 29.7 Å². The molecule has 1 N–H and O–H groups in total. The maximum atomic E-state index is 12.3. The van der Waals surface area contributed by atoms with Crippen LogP contribution in [0.1, 0.15) is 21.5 Å². The van der Waals surface area contributed by atoms with Crippen molar-refractivity contribution < 1.29 is 28.9 Å². The smallest absolute Gasteiger partial charge is 0.338 e. The molecule has 3 rings (SSSR count). The molecule has 2 aromatic carbocycles. The highest BCUT2D eigenvalue weighted by molar-refractivity contribution is 5.91. The normalized spacial score (nSPS) is 12.5. The zero-order valence-electron chi connectivity index (χ0n) is 14.7. The van der Waals surface area contributed by atoms with Crippen molar-refractivity contribution in [1.82, 2.24) is 0 Å². The van der Waals surface area contributed by atoms with E-state index in [1.54, 1.807) is 0 Å². The summed E-state index contributed by atoms with van der Waals surface area (Å²) in [5.41, 5.74) is 0.553. The van der Waals surface area contributed by atoms with E-state index in [-0.39, 0.29) is 42.6 Å². The van der Waals surface area contributed by atoms with E-state index in [0.29, 0.717) is 16.9 Å². The number of non-ortho nitro benzene ring substituents is 1. The summed E-state index contributed by atoms with van der Waals surface area (Å²) < 4.78 is 15.7. The summed E-state index contributed by atoms with van der Waals surface area (Å²) in [7, 11) is 1.52. The van der Waals surface area contributed by atoms with Gasteiger partial charge in [0.1, 0.15) is 18.0 Å². The van der Waals surface area contributed by atoms with E-state index in [9.17, 15) is 25.0 Å². The molecule has 0 unspecified atom stereocenters. The first-order valence-electron chi connectivity index (χ1n) is 8.04. The van der Waals surface area contributed by atoms with Gasteiger partial charge in [-0.05, 0) is 12.1 Å². The van der Waals surface area contributed by atoms with E-state index in [2.05, 4.69) is 5.32 Å². The van der Waals surface area contributed by atoms with Gasteiger partial charge in [0.2, 0.25) is 0 Å². The van der Waals surface area contributed by atoms with Crippen LogP contribution >= 0.6 is 0 Å². The highest BCUT2D eigenvalue weighted by Crippen LogP contribution is 2.33. The molecule has 0 radical (unpaired) electrons. The molecule has 0 spiro atoms. The van der Waals surface area contributed by atoms with Crippen LogP contribution in [0.4, 0.5) is 17.1 Å². The van der Waals surface area contributed by atoms with Gasteiger partial charge in [0.15, 0.2) is 6.79 Å². The first-order valence-corrected chi connectivity index (χ1v) is 8.04. The number of nitrogens with zero attached hydrogens (tertiary/aromatic N) is 2. The molecule has 0 atom stereocenters. The second kappa shape index (κ2) is 7.88. The van der Waals surface area contributed by atoms with Gasteiger partial charge in [-0.25, -0.2) is 4.79 Å². The topological polar surface area (TPSA) is 143 Å². The number of rotatable bonds is 6. The Kier molecular flexibility index (Phi) is 5.36. The highest BCUT2D eigenvalue weighted by Gasteiger charge is 2.23. The third kappa shape index (κ3) is 3.83. The summed E-state index contributed by atoms with van der Waals surface area (Å²) in [4.78, 5) is 33.4. The van der Waals surface area contributed by atoms with Crippen molar-refractivity contribution in [2.45, 2.75) is 13.2 Å². The van der Waals surface area contributed by atoms with Crippen molar-refractivity contribution in [1.29, 1.82) is 0 Å². The first kappa shape index (κ1) is 19.0. The summed E-state index contributed by atoms with van der Waals surface area (Å²) in [6.45, 7) is -0.191. The van der Waals surface area contributed by atoms with Gasteiger partial charge < -0.3 is 19.5 Å². The average molecular weight is 389 g/mol. The van der Waals surface area contributed by atoms with Gasteiger partial charge in [-0.1, -0.05) is 0 Å². The number of nitro benzene ring substituents is 2. The second-order valence-electron chi connectivity index (χ2n) is 5.78. The average Bonchev–Trinajstić information content (AvgIpc) is 2.70. The van der Waals surface area contributed by atoms with E-state index in [1.165, 1.54) is 31.3 Å². The maximum Gasteiger partial charge on any atom is 0.338 e. The van der Waals surface area contributed by atoms with Crippen molar-refractivity contribution in [2.24, 2.45) is 0 Å². The minimum atomic E-state index is -0.807. The molecule has 11 nitrogen and oxygen atoms in total. The summed E-state index contributed by atoms with van der Waals surface area (Å²) in [5, 5.41) is 24.9. The zero-order chi connectivity index (χ0) is 20.3. The van der Waals surface area contributed by atoms with Crippen LogP contribution in [0.3, 0.4) is 0 Å². The number of carbonyl (C=O) groups is 1. The van der Waals surface area contributed by atoms with Crippen molar-refractivity contribution in [3.63, 3.8) is 0 Å². The number of carbonyl (C=O) groups excluding carboxylic acids is 1. The van der Waals surface area contributed by atoms with Crippen molar-refractivity contribution in [2.75, 3.05) is 19.2 Å². The van der Waals surface area contributed by atoms with Gasteiger partial charge >= 0.3 is 5.97 Å². The number of ether oxygens (including phenoxy) is 3. The minimum absolute atomic E-state index is 0.0192. The summed E-state index contributed by atoms with van der Waals surface area (Å²) in [6, 6.07) is 6.46. The lowest BCUT2D eigenvalue weighted by Crippen LogP contribution is -2.15. The molecule has 0 saturated carbocycles. The fourth-order valence-electron chi connectivity index (χ4n) is 2.74. The molecule has 1 heterocycles. The molecule has 0 saturated heterocycles. The maximum absolute atomic E-state index is 12.3. The Hall–Kier alpha value is -3.73. The Morgan fingerprint density at radius 1 is 1.21 bits per heavy atom. The lowest BCUT2D eigenvalue weighted by atomic mass is 10.1. The monoisotopic (exact) mass is 389 g/mol. The number of nitrogens with one attached hydrogen (secondary N) is 1. The van der Waals surface area contributed by atoms with Gasteiger partial charge in [-0.3, -0.25) is 20.2 Å². The number of esters is 1. The lowest BCUT2D eigenvalue weighted by Gasteiger charge is -2.20. The number of anilines is 1. The van der Waals surface area contributed by atoms with Crippen molar-refractivity contribution in [3.8, 4) is 5.75 Å². The summed E-state index contributed by atoms with van der Waals surface area (Å²) >= 11 is 0. The van der Waals surface area contributed by atoms with E-state index in [1.807, 2.05) is 0 Å². The van der Waals surface area contributed by atoms with Crippen molar-refractivity contribution >= 4 is 23.0 Å². The predicted molar refractivity (Wildman–Crippen MR) is 95.1 cm³/mol. The van der Waals surface area contributed by atoms with Gasteiger partial charge in [0, 0.05) is 36.4 Å². The highest BCUT2D eigenvalue weighted by atomic mass is 16.7. The number of fused-ring (bicyclic) bond motifs is 1. The molecule has 0 amide bonds. The fraction of sp³-hybridized carbons (Fsp3) is 0.235. The zero-order valence-corrected chi connectivity index (χ0v) is 14.7. The molecule has 146 valence electrons. The van der Waals surface area contributed by atoms with Crippen LogP contribution in [0.5, 0.6) is 5.75 Å². The first-order chi connectivity index (χ1) is 13.4. The molecule has 11 heteroatoms. The Morgan fingerprint density at radius 3 is 2.68 bits per heavy atom. The van der Waals surface area contributed by atoms with Crippen LogP contribution in [0.25, 0.3) is 0 Å². The van der Waals surface area contributed by atoms with Crippen LogP contribution < -0.4 is 10.1 Å². The van der Waals surface area contributed by atoms with Crippen LogP contribution in [0, 0.1) is 20.2 Å². The lowest BCUT2D eigenvalue weighted by molar-refractivity contribution is -0.385. The molecule has 0 aromatic heterocycles. The van der Waals surface area contributed by atoms with E-state index in [4.69, 9.17) is 14.2 Å². The summed E-state index contributed by atoms with van der Waals surface area (Å²) in [6.07, 6.45) is 0. The Balaban J connectivity index is 1.83. The molecule has 0 aliphatic carbocycles. The molecule has 2 aromatic rings. The quantitative estimate of drug-likeness (QED) is 0.448. The molecular formula is C17H15N3O8. The fourth-order valence-corrected chi connectivity index (χ4v) is 2.74. The second-order valence-corrected chi connectivity index (χ2v) is 5.78. The van der Waals surface area contributed by atoms with E-state index in [0.717, 1.165) is 6.07 Å². The van der Waals surface area contributed by atoms with Crippen molar-refractivity contribution in [3.05, 3.63) is 67.3 Å². The summed E-state index contributed by atoms with van der Waals surface area (Å²) in [5.74, 6) is -0.445. The van der Waals surface area contributed by atoms with E-state index < -0.39 is 15.8 Å². The predicted octanol–water partition coefficient (Wildman–Crippen LogP) is 2.77. The largest absolute Gasteiger partial charge is 0.467 e. The standard InChI is InChI=1S/C17H15N3O8/c1-18-14-3-2-10(6-15(14)20(24)25)17(21)27-8-12-5-13(19(22)23)4-11-7-26-9-28-16(11)12/h2-6,18H,7-9H2,1H3. The molecule has 1 aliphatic heterocycles. The molecule has 0 bridgehead atoms. The van der Waals surface area contributed by atoms with Gasteiger partial charge in [0.05, 0.1) is 22.0 Å². The van der Waals surface area contributed by atoms with Gasteiger partial charge in [-0.15, -0.1) is 0 Å². The number of hydrogen-bond donors (Lipinski definition) is 1. The van der Waals surface area contributed by atoms with Crippen LogP contribution in [-0.2, 0) is 22.7 Å². The van der Waals surface area contributed by atoms with E-state index >= 15 is 0 Å². The Labute approximate surface area is 158 Å². The third-order valence-corrected chi connectivity index (χ3v) is 4.04. The molecule has 1 aliphatic rings. The SMILES string of the molecule is CNc1ccc(C(=O)OCc2cc([N+](=O)[O-])cc3c2OCOC3)cc1[N+](=O)[O-]. The van der Waals surface area contributed by atoms with Gasteiger partial charge in [-0.2, -0.15) is 0 Å².